The number of rotatable bonds is 6. The molecular formula is C22H19F6N5O4S. The molecule has 0 unspecified atom stereocenters. The molecule has 1 amide bonds. The van der Waals surface area contributed by atoms with Gasteiger partial charge in [-0.05, 0) is 30.2 Å². The molecule has 3 heterocycles. The molecule has 0 saturated carbocycles. The summed E-state index contributed by atoms with van der Waals surface area (Å²) in [5, 5.41) is 11.5. The Morgan fingerprint density at radius 3 is 2.42 bits per heavy atom. The summed E-state index contributed by atoms with van der Waals surface area (Å²) in [6, 6.07) is 8.16. The number of carbonyl (C=O) groups excluding carboxylic acids is 1. The highest BCUT2D eigenvalue weighted by Crippen LogP contribution is 2.39. The van der Waals surface area contributed by atoms with Gasteiger partial charge < -0.3 is 10.8 Å². The van der Waals surface area contributed by atoms with Gasteiger partial charge in [0.05, 0.1) is 18.8 Å². The maximum absolute atomic E-state index is 14.5. The fraction of sp³-hybridized carbons (Fsp3) is 0.273. The second-order valence-electron chi connectivity index (χ2n) is 7.79. The lowest BCUT2D eigenvalue weighted by molar-refractivity contribution is -0.192. The van der Waals surface area contributed by atoms with Crippen molar-refractivity contribution in [2.75, 3.05) is 11.4 Å². The number of benzene rings is 1. The average molecular weight is 563 g/mol. The topological polar surface area (TPSA) is 123 Å². The summed E-state index contributed by atoms with van der Waals surface area (Å²) in [5.41, 5.74) is 5.37. The van der Waals surface area contributed by atoms with Crippen LogP contribution in [0.2, 0.25) is 0 Å². The van der Waals surface area contributed by atoms with Gasteiger partial charge in [-0.15, -0.1) is 11.3 Å². The molecule has 2 aromatic heterocycles. The zero-order valence-corrected chi connectivity index (χ0v) is 20.0. The largest absolute Gasteiger partial charge is 0.490 e. The molecule has 38 heavy (non-hydrogen) atoms. The summed E-state index contributed by atoms with van der Waals surface area (Å²) < 4.78 is 74.0. The van der Waals surface area contributed by atoms with E-state index in [1.165, 1.54) is 33.2 Å². The molecule has 0 spiro atoms. The quantitative estimate of drug-likeness (QED) is 0.442. The normalized spacial score (nSPS) is 13.0. The number of para-hydroxylation sites is 1. The molecular weight excluding hydrogens is 544 g/mol. The van der Waals surface area contributed by atoms with Crippen LogP contribution in [0.1, 0.15) is 16.9 Å². The van der Waals surface area contributed by atoms with Crippen molar-refractivity contribution in [3.05, 3.63) is 75.1 Å². The highest BCUT2D eigenvalue weighted by atomic mass is 32.1. The highest BCUT2D eigenvalue weighted by molar-refractivity contribution is 7.16. The molecule has 3 N–H and O–H groups in total. The van der Waals surface area contributed by atoms with Gasteiger partial charge in [0.2, 0.25) is 5.91 Å². The number of anilines is 2. The van der Waals surface area contributed by atoms with Gasteiger partial charge in [0.15, 0.2) is 0 Å². The van der Waals surface area contributed by atoms with Gasteiger partial charge in [-0.3, -0.25) is 14.3 Å². The SMILES string of the molecule is NCC(Cn1ncn(Cc2ccc(N3C(=O)CCc4cccc(F)c43)s2)c1=O)=C(F)F.O=C(O)C(F)(F)F. The molecule has 0 atom stereocenters. The number of aliphatic carboxylic acids is 1. The third-order valence-electron chi connectivity index (χ3n) is 5.24. The summed E-state index contributed by atoms with van der Waals surface area (Å²) >= 11 is 1.24. The van der Waals surface area contributed by atoms with Crippen LogP contribution in [0.3, 0.4) is 0 Å². The average Bonchev–Trinajstić information content (AvgIpc) is 3.44. The predicted octanol–water partition coefficient (Wildman–Crippen LogP) is 3.65. The molecule has 0 bridgehead atoms. The molecule has 1 aliphatic heterocycles. The van der Waals surface area contributed by atoms with Gasteiger partial charge in [-0.25, -0.2) is 18.7 Å². The van der Waals surface area contributed by atoms with E-state index in [1.54, 1.807) is 24.3 Å². The number of hydrogen-bond acceptors (Lipinski definition) is 6. The first-order valence-corrected chi connectivity index (χ1v) is 11.5. The Hall–Kier alpha value is -3.92. The number of nitrogens with two attached hydrogens (primary N) is 1. The van der Waals surface area contributed by atoms with Crippen molar-refractivity contribution in [1.82, 2.24) is 14.3 Å². The highest BCUT2D eigenvalue weighted by Gasteiger charge is 2.38. The minimum atomic E-state index is -5.08. The standard InChI is InChI=1S/C20H18F3N5O2S.C2HF3O2/c21-15-3-1-2-12-4-6-16(29)28(18(12)15)17-7-5-14(31-17)10-26-11-25-27(20(26)30)9-13(8-24)19(22)23;3-2(4,5)1(6)7/h1-3,5,7,11H,4,6,8-10,24H2;(H,6,7). The van der Waals surface area contributed by atoms with Crippen LogP contribution in [0.25, 0.3) is 0 Å². The molecule has 3 aromatic rings. The van der Waals surface area contributed by atoms with E-state index < -0.39 is 36.3 Å². The Kier molecular flexibility index (Phi) is 8.78. The Morgan fingerprint density at radius 2 is 1.82 bits per heavy atom. The van der Waals surface area contributed by atoms with Crippen LogP contribution in [-0.2, 0) is 29.1 Å². The number of carbonyl (C=O) groups is 2. The van der Waals surface area contributed by atoms with E-state index in [1.807, 2.05) is 0 Å². The first-order valence-electron chi connectivity index (χ1n) is 10.7. The van der Waals surface area contributed by atoms with Crippen molar-refractivity contribution in [3.63, 3.8) is 0 Å². The molecule has 204 valence electrons. The Balaban J connectivity index is 0.000000505. The number of halogens is 6. The maximum atomic E-state index is 14.5. The van der Waals surface area contributed by atoms with Crippen LogP contribution in [0.5, 0.6) is 0 Å². The minimum absolute atomic E-state index is 0.134. The molecule has 1 aromatic carbocycles. The lowest BCUT2D eigenvalue weighted by Crippen LogP contribution is -2.31. The minimum Gasteiger partial charge on any atom is -0.475 e. The number of thiophene rings is 1. The number of carboxylic acid groups (broad SMARTS) is 1. The lowest BCUT2D eigenvalue weighted by Gasteiger charge is -2.28. The van der Waals surface area contributed by atoms with Crippen molar-refractivity contribution in [1.29, 1.82) is 0 Å². The maximum Gasteiger partial charge on any atom is 0.490 e. The van der Waals surface area contributed by atoms with Crippen LogP contribution >= 0.6 is 11.3 Å². The number of aromatic nitrogens is 3. The molecule has 1 aliphatic rings. The summed E-state index contributed by atoms with van der Waals surface area (Å²) in [6.45, 7) is -0.633. The first-order chi connectivity index (χ1) is 17.8. The van der Waals surface area contributed by atoms with E-state index in [0.29, 0.717) is 11.4 Å². The van der Waals surface area contributed by atoms with Crippen LogP contribution in [0, 0.1) is 5.82 Å². The number of fused-ring (bicyclic) bond motifs is 1. The number of alkyl halides is 3. The predicted molar refractivity (Wildman–Crippen MR) is 124 cm³/mol. The molecule has 4 rings (SSSR count). The zero-order chi connectivity index (χ0) is 28.2. The van der Waals surface area contributed by atoms with Crippen LogP contribution in [-0.4, -0.2) is 44.1 Å². The van der Waals surface area contributed by atoms with Crippen molar-refractivity contribution >= 4 is 33.9 Å². The van der Waals surface area contributed by atoms with Crippen LogP contribution in [0.4, 0.5) is 37.0 Å². The summed E-state index contributed by atoms with van der Waals surface area (Å²) in [5.74, 6) is -3.43. The second kappa shape index (κ2) is 11.6. The molecule has 0 fully saturated rings. The zero-order valence-electron chi connectivity index (χ0n) is 19.2. The number of nitrogens with zero attached hydrogens (tertiary/aromatic N) is 4. The number of amides is 1. The van der Waals surface area contributed by atoms with Gasteiger partial charge in [0.25, 0.3) is 6.08 Å². The van der Waals surface area contributed by atoms with Crippen molar-refractivity contribution in [2.24, 2.45) is 5.73 Å². The van der Waals surface area contributed by atoms with Gasteiger partial charge in [0.1, 0.15) is 17.1 Å². The number of aryl methyl sites for hydroxylation is 1. The molecule has 0 radical (unpaired) electrons. The van der Waals surface area contributed by atoms with Crippen molar-refractivity contribution in [2.45, 2.75) is 32.1 Å². The molecule has 0 saturated heterocycles. The summed E-state index contributed by atoms with van der Waals surface area (Å²) in [4.78, 5) is 36.0. The first kappa shape index (κ1) is 28.6. The van der Waals surface area contributed by atoms with Crippen LogP contribution < -0.4 is 16.3 Å². The molecule has 9 nitrogen and oxygen atoms in total. The van der Waals surface area contributed by atoms with E-state index in [0.717, 1.165) is 15.1 Å². The van der Waals surface area contributed by atoms with E-state index >= 15 is 0 Å². The molecule has 0 aliphatic carbocycles. The summed E-state index contributed by atoms with van der Waals surface area (Å²) in [7, 11) is 0. The second-order valence-corrected chi connectivity index (χ2v) is 8.93. The van der Waals surface area contributed by atoms with E-state index in [4.69, 9.17) is 15.6 Å². The van der Waals surface area contributed by atoms with Gasteiger partial charge in [-0.2, -0.15) is 27.1 Å². The fourth-order valence-corrected chi connectivity index (χ4v) is 4.46. The van der Waals surface area contributed by atoms with Gasteiger partial charge in [-0.1, -0.05) is 12.1 Å². The lowest BCUT2D eigenvalue weighted by atomic mass is 10.0. The third-order valence-corrected chi connectivity index (χ3v) is 6.29. The number of hydrogen-bond donors (Lipinski definition) is 2. The van der Waals surface area contributed by atoms with Gasteiger partial charge in [0, 0.05) is 23.4 Å². The Labute approximate surface area is 214 Å². The third kappa shape index (κ3) is 6.49. The monoisotopic (exact) mass is 563 g/mol. The Bertz CT molecular complexity index is 1420. The van der Waals surface area contributed by atoms with Crippen molar-refractivity contribution < 1.29 is 41.0 Å². The number of carboxylic acids is 1. The van der Waals surface area contributed by atoms with E-state index in [9.17, 15) is 35.9 Å². The smallest absolute Gasteiger partial charge is 0.475 e. The van der Waals surface area contributed by atoms with Crippen LogP contribution in [0.15, 0.2) is 53.1 Å². The fourth-order valence-electron chi connectivity index (χ4n) is 3.43. The summed E-state index contributed by atoms with van der Waals surface area (Å²) in [6.07, 6.45) is -5.00. The van der Waals surface area contributed by atoms with E-state index in [2.05, 4.69) is 5.10 Å². The van der Waals surface area contributed by atoms with E-state index in [-0.39, 0.29) is 36.7 Å². The molecule has 16 heteroatoms. The van der Waals surface area contributed by atoms with Crippen molar-refractivity contribution in [3.8, 4) is 0 Å². The van der Waals surface area contributed by atoms with Gasteiger partial charge >= 0.3 is 17.8 Å². The Morgan fingerprint density at radius 1 is 1.13 bits per heavy atom.